The van der Waals surface area contributed by atoms with E-state index in [0.29, 0.717) is 24.8 Å². The number of ether oxygens (including phenoxy) is 2. The summed E-state index contributed by atoms with van der Waals surface area (Å²) in [5, 5.41) is 0. The molecule has 1 aliphatic carbocycles. The molecule has 3 nitrogen and oxygen atoms in total. The maximum absolute atomic E-state index is 5.84. The number of rotatable bonds is 1. The van der Waals surface area contributed by atoms with Crippen LogP contribution in [-0.2, 0) is 9.47 Å². The zero-order valence-corrected chi connectivity index (χ0v) is 11.5. The van der Waals surface area contributed by atoms with Gasteiger partial charge in [0.25, 0.3) is 0 Å². The summed E-state index contributed by atoms with van der Waals surface area (Å²) in [6.45, 7) is 7.26. The SMILES string of the molecule is C=C(N)C1CC(C)C2=C(C=C1I)OCCO2. The van der Waals surface area contributed by atoms with E-state index in [-0.39, 0.29) is 5.92 Å². The molecule has 0 fully saturated rings. The number of hydrogen-bond donors (Lipinski definition) is 1. The first kappa shape index (κ1) is 11.8. The van der Waals surface area contributed by atoms with Crippen LogP contribution in [0.25, 0.3) is 0 Å². The lowest BCUT2D eigenvalue weighted by Crippen LogP contribution is -2.18. The van der Waals surface area contributed by atoms with E-state index < -0.39 is 0 Å². The van der Waals surface area contributed by atoms with Crippen molar-refractivity contribution in [2.45, 2.75) is 13.3 Å². The molecule has 0 saturated heterocycles. The Labute approximate surface area is 110 Å². The molecule has 1 aliphatic heterocycles. The van der Waals surface area contributed by atoms with Crippen molar-refractivity contribution in [1.82, 2.24) is 0 Å². The highest BCUT2D eigenvalue weighted by molar-refractivity contribution is 14.1. The number of allylic oxidation sites excluding steroid dienone is 3. The van der Waals surface area contributed by atoms with Gasteiger partial charge in [0.2, 0.25) is 0 Å². The van der Waals surface area contributed by atoms with Gasteiger partial charge < -0.3 is 15.2 Å². The van der Waals surface area contributed by atoms with Crippen molar-refractivity contribution in [1.29, 1.82) is 0 Å². The third-order valence-electron chi connectivity index (χ3n) is 2.93. The summed E-state index contributed by atoms with van der Waals surface area (Å²) >= 11 is 2.31. The monoisotopic (exact) mass is 333 g/mol. The first-order chi connectivity index (χ1) is 7.59. The van der Waals surface area contributed by atoms with Gasteiger partial charge >= 0.3 is 0 Å². The minimum Gasteiger partial charge on any atom is -0.490 e. The van der Waals surface area contributed by atoms with E-state index in [1.165, 1.54) is 3.58 Å². The van der Waals surface area contributed by atoms with Gasteiger partial charge in [-0.25, -0.2) is 0 Å². The molecule has 16 heavy (non-hydrogen) atoms. The summed E-state index contributed by atoms with van der Waals surface area (Å²) in [6, 6.07) is 0. The topological polar surface area (TPSA) is 44.5 Å². The van der Waals surface area contributed by atoms with Crippen LogP contribution >= 0.6 is 22.6 Å². The van der Waals surface area contributed by atoms with Crippen LogP contribution in [0.3, 0.4) is 0 Å². The van der Waals surface area contributed by atoms with E-state index in [1.807, 2.05) is 6.08 Å². The van der Waals surface area contributed by atoms with E-state index in [0.717, 1.165) is 17.9 Å². The van der Waals surface area contributed by atoms with Crippen molar-refractivity contribution < 1.29 is 9.47 Å². The van der Waals surface area contributed by atoms with Crippen molar-refractivity contribution in [3.63, 3.8) is 0 Å². The maximum atomic E-state index is 5.84. The Balaban J connectivity index is 2.33. The highest BCUT2D eigenvalue weighted by Crippen LogP contribution is 2.38. The average Bonchev–Trinajstić information content (AvgIpc) is 2.37. The molecule has 0 aromatic carbocycles. The molecule has 1 heterocycles. The van der Waals surface area contributed by atoms with E-state index in [9.17, 15) is 0 Å². The largest absolute Gasteiger partial charge is 0.490 e. The molecule has 0 aromatic heterocycles. The first-order valence-corrected chi connectivity index (χ1v) is 6.48. The van der Waals surface area contributed by atoms with Crippen LogP contribution in [0.4, 0.5) is 0 Å². The van der Waals surface area contributed by atoms with Crippen molar-refractivity contribution in [2.24, 2.45) is 17.6 Å². The van der Waals surface area contributed by atoms with E-state index in [2.05, 4.69) is 36.1 Å². The lowest BCUT2D eigenvalue weighted by molar-refractivity contribution is 0.0533. The minimum atomic E-state index is 0.216. The molecule has 2 unspecified atom stereocenters. The van der Waals surface area contributed by atoms with Gasteiger partial charge in [-0.05, 0) is 35.1 Å². The van der Waals surface area contributed by atoms with Crippen LogP contribution in [0.5, 0.6) is 0 Å². The van der Waals surface area contributed by atoms with Gasteiger partial charge in [-0.15, -0.1) is 0 Å². The Bertz CT molecular complexity index is 373. The van der Waals surface area contributed by atoms with E-state index in [4.69, 9.17) is 15.2 Å². The standard InChI is InChI=1S/C12H16INO2/c1-7-5-9(8(2)14)10(13)6-11-12(7)16-4-3-15-11/h6-7,9H,2-5,14H2,1H3. The first-order valence-electron chi connectivity index (χ1n) is 5.40. The third-order valence-corrected chi connectivity index (χ3v) is 3.99. The Morgan fingerprint density at radius 3 is 2.88 bits per heavy atom. The third kappa shape index (κ3) is 2.21. The summed E-state index contributed by atoms with van der Waals surface area (Å²) in [6.07, 6.45) is 2.97. The van der Waals surface area contributed by atoms with Gasteiger partial charge in [-0.2, -0.15) is 0 Å². The molecule has 0 aromatic rings. The van der Waals surface area contributed by atoms with Crippen LogP contribution in [-0.4, -0.2) is 13.2 Å². The summed E-state index contributed by atoms with van der Waals surface area (Å²) in [4.78, 5) is 0. The van der Waals surface area contributed by atoms with Gasteiger partial charge in [0.15, 0.2) is 5.76 Å². The van der Waals surface area contributed by atoms with Gasteiger partial charge in [-0.3, -0.25) is 0 Å². The summed E-state index contributed by atoms with van der Waals surface area (Å²) in [7, 11) is 0. The molecule has 2 aliphatic rings. The Morgan fingerprint density at radius 1 is 1.50 bits per heavy atom. The molecular formula is C12H16INO2. The number of hydrogen-bond acceptors (Lipinski definition) is 3. The van der Waals surface area contributed by atoms with E-state index >= 15 is 0 Å². The molecule has 0 radical (unpaired) electrons. The predicted molar refractivity (Wildman–Crippen MR) is 71.6 cm³/mol. The second-order valence-electron chi connectivity index (χ2n) is 4.22. The molecule has 2 N–H and O–H groups in total. The Hall–Kier alpha value is -0.650. The summed E-state index contributed by atoms with van der Waals surface area (Å²) < 4.78 is 12.5. The van der Waals surface area contributed by atoms with Crippen LogP contribution in [0, 0.1) is 11.8 Å². The Kier molecular flexibility index (Phi) is 3.47. The molecule has 2 rings (SSSR count). The zero-order valence-electron chi connectivity index (χ0n) is 9.33. The second-order valence-corrected chi connectivity index (χ2v) is 5.46. The molecule has 88 valence electrons. The molecule has 0 amide bonds. The van der Waals surface area contributed by atoms with Crippen LogP contribution < -0.4 is 5.73 Å². The fourth-order valence-corrected chi connectivity index (χ4v) is 3.01. The Morgan fingerprint density at radius 2 is 2.19 bits per heavy atom. The van der Waals surface area contributed by atoms with Crippen LogP contribution in [0.1, 0.15) is 13.3 Å². The number of halogens is 1. The predicted octanol–water partition coefficient (Wildman–Crippen LogP) is 2.69. The summed E-state index contributed by atoms with van der Waals surface area (Å²) in [5.74, 6) is 2.37. The van der Waals surface area contributed by atoms with Crippen LogP contribution in [0.15, 0.2) is 33.5 Å². The summed E-state index contributed by atoms with van der Waals surface area (Å²) in [5.41, 5.74) is 6.55. The van der Waals surface area contributed by atoms with Gasteiger partial charge in [0, 0.05) is 21.1 Å². The normalized spacial score (nSPS) is 29.5. The molecule has 0 saturated carbocycles. The fourth-order valence-electron chi connectivity index (χ4n) is 2.07. The van der Waals surface area contributed by atoms with Crippen molar-refractivity contribution in [2.75, 3.05) is 13.2 Å². The lowest BCUT2D eigenvalue weighted by Gasteiger charge is -2.24. The molecular weight excluding hydrogens is 317 g/mol. The van der Waals surface area contributed by atoms with Crippen molar-refractivity contribution in [3.05, 3.63) is 33.5 Å². The zero-order chi connectivity index (χ0) is 11.7. The molecule has 4 heteroatoms. The minimum absolute atomic E-state index is 0.216. The van der Waals surface area contributed by atoms with Crippen LogP contribution in [0.2, 0.25) is 0 Å². The highest BCUT2D eigenvalue weighted by Gasteiger charge is 2.29. The maximum Gasteiger partial charge on any atom is 0.158 e. The fraction of sp³-hybridized carbons (Fsp3) is 0.500. The smallest absolute Gasteiger partial charge is 0.158 e. The second kappa shape index (κ2) is 4.69. The highest BCUT2D eigenvalue weighted by atomic mass is 127. The van der Waals surface area contributed by atoms with Gasteiger partial charge in [0.1, 0.15) is 19.0 Å². The number of nitrogens with two attached hydrogens (primary N) is 1. The molecule has 0 spiro atoms. The lowest BCUT2D eigenvalue weighted by atomic mass is 9.94. The van der Waals surface area contributed by atoms with Crippen molar-refractivity contribution >= 4 is 22.6 Å². The van der Waals surface area contributed by atoms with E-state index in [1.54, 1.807) is 0 Å². The molecule has 0 bridgehead atoms. The average molecular weight is 333 g/mol. The van der Waals surface area contributed by atoms with Crippen molar-refractivity contribution in [3.8, 4) is 0 Å². The quantitative estimate of drug-likeness (QED) is 0.751. The molecule has 2 atom stereocenters. The van der Waals surface area contributed by atoms with Gasteiger partial charge in [-0.1, -0.05) is 13.5 Å². The van der Waals surface area contributed by atoms with Gasteiger partial charge in [0.05, 0.1) is 0 Å².